The monoisotopic (exact) mass is 302 g/mol. The Bertz CT molecular complexity index is 668. The normalized spacial score (nSPS) is 21.0. The molecule has 2 atom stereocenters. The van der Waals surface area contributed by atoms with E-state index < -0.39 is 0 Å². The van der Waals surface area contributed by atoms with Crippen molar-refractivity contribution < 1.29 is 13.6 Å². The Morgan fingerprint density at radius 2 is 2.09 bits per heavy atom. The predicted molar refractivity (Wildman–Crippen MR) is 81.8 cm³/mol. The molecule has 0 saturated heterocycles. The lowest BCUT2D eigenvalue weighted by Gasteiger charge is -2.18. The lowest BCUT2D eigenvalue weighted by molar-refractivity contribution is 0.0901. The second-order valence-electron chi connectivity index (χ2n) is 5.65. The van der Waals surface area contributed by atoms with E-state index in [-0.39, 0.29) is 23.5 Å². The Morgan fingerprint density at radius 1 is 1.27 bits per heavy atom. The first kappa shape index (κ1) is 14.8. The van der Waals surface area contributed by atoms with Crippen LogP contribution in [0.4, 0.5) is 4.39 Å². The molecule has 22 heavy (non-hydrogen) atoms. The molecule has 0 spiro atoms. The van der Waals surface area contributed by atoms with E-state index in [1.165, 1.54) is 6.07 Å². The van der Waals surface area contributed by atoms with Gasteiger partial charge < -0.3 is 15.5 Å². The van der Waals surface area contributed by atoms with E-state index in [0.717, 1.165) is 19.3 Å². The van der Waals surface area contributed by atoms with Gasteiger partial charge in [0, 0.05) is 6.04 Å². The third-order valence-electron chi connectivity index (χ3n) is 4.25. The van der Waals surface area contributed by atoms with Crippen molar-refractivity contribution in [1.29, 1.82) is 0 Å². The van der Waals surface area contributed by atoms with Crippen LogP contribution in [0.3, 0.4) is 0 Å². The van der Waals surface area contributed by atoms with Crippen molar-refractivity contribution in [1.82, 2.24) is 5.32 Å². The molecule has 116 valence electrons. The van der Waals surface area contributed by atoms with E-state index in [0.29, 0.717) is 23.8 Å². The molecule has 0 bridgehead atoms. The number of carbonyl (C=O) groups is 1. The van der Waals surface area contributed by atoms with Crippen LogP contribution in [0, 0.1) is 11.7 Å². The van der Waals surface area contributed by atoms with Crippen molar-refractivity contribution >= 4 is 5.91 Å². The summed E-state index contributed by atoms with van der Waals surface area (Å²) in [5.41, 5.74) is 6.07. The summed E-state index contributed by atoms with van der Waals surface area (Å²) in [7, 11) is 0. The molecule has 2 unspecified atom stereocenters. The van der Waals surface area contributed by atoms with Gasteiger partial charge in [0.1, 0.15) is 11.6 Å². The lowest BCUT2D eigenvalue weighted by atomic mass is 10.0. The highest BCUT2D eigenvalue weighted by atomic mass is 19.1. The lowest BCUT2D eigenvalue weighted by Crippen LogP contribution is -2.39. The summed E-state index contributed by atoms with van der Waals surface area (Å²) in [6.07, 6.45) is 3.06. The number of hydrogen-bond acceptors (Lipinski definition) is 3. The fraction of sp³-hybridized carbons (Fsp3) is 0.353. The molecule has 0 aliphatic heterocycles. The van der Waals surface area contributed by atoms with E-state index in [9.17, 15) is 9.18 Å². The molecule has 1 fully saturated rings. The maximum absolute atomic E-state index is 13.7. The first-order valence-corrected chi connectivity index (χ1v) is 7.54. The SMILES string of the molecule is NCC1CCCC1NC(=O)c1ccc(-c2ccccc2F)o1. The van der Waals surface area contributed by atoms with Gasteiger partial charge >= 0.3 is 0 Å². The molecule has 1 aliphatic carbocycles. The number of hydrogen-bond donors (Lipinski definition) is 2. The maximum atomic E-state index is 13.7. The molecule has 1 aromatic carbocycles. The Hall–Kier alpha value is -2.14. The fourth-order valence-electron chi connectivity index (χ4n) is 3.01. The van der Waals surface area contributed by atoms with Gasteiger partial charge in [0.25, 0.3) is 5.91 Å². The second kappa shape index (κ2) is 6.32. The minimum absolute atomic E-state index is 0.0968. The molecule has 1 aliphatic rings. The molecule has 1 amide bonds. The van der Waals surface area contributed by atoms with E-state index in [4.69, 9.17) is 10.2 Å². The summed E-state index contributed by atoms with van der Waals surface area (Å²) >= 11 is 0. The minimum Gasteiger partial charge on any atom is -0.451 e. The molecule has 3 rings (SSSR count). The highest BCUT2D eigenvalue weighted by Gasteiger charge is 2.28. The van der Waals surface area contributed by atoms with Crippen molar-refractivity contribution in [3.63, 3.8) is 0 Å². The Morgan fingerprint density at radius 3 is 2.86 bits per heavy atom. The van der Waals surface area contributed by atoms with Crippen molar-refractivity contribution in [2.45, 2.75) is 25.3 Å². The van der Waals surface area contributed by atoms with Gasteiger partial charge in [0.15, 0.2) is 5.76 Å². The van der Waals surface area contributed by atoms with E-state index in [2.05, 4.69) is 5.32 Å². The van der Waals surface area contributed by atoms with Crippen LogP contribution in [0.2, 0.25) is 0 Å². The zero-order chi connectivity index (χ0) is 15.5. The molecule has 1 saturated carbocycles. The Balaban J connectivity index is 1.73. The van der Waals surface area contributed by atoms with Gasteiger partial charge in [-0.2, -0.15) is 0 Å². The number of amides is 1. The number of rotatable bonds is 4. The highest BCUT2D eigenvalue weighted by molar-refractivity contribution is 5.92. The van der Waals surface area contributed by atoms with Gasteiger partial charge in [0.05, 0.1) is 5.56 Å². The molecule has 4 nitrogen and oxygen atoms in total. The van der Waals surface area contributed by atoms with Crippen molar-refractivity contribution in [2.24, 2.45) is 11.7 Å². The zero-order valence-corrected chi connectivity index (χ0v) is 12.2. The van der Waals surface area contributed by atoms with Gasteiger partial charge in [0.2, 0.25) is 0 Å². The quantitative estimate of drug-likeness (QED) is 0.912. The molecular formula is C17H19FN2O2. The Kier molecular flexibility index (Phi) is 4.24. The number of halogens is 1. The predicted octanol–water partition coefficient (Wildman–Crippen LogP) is 2.94. The summed E-state index contributed by atoms with van der Waals surface area (Å²) in [5.74, 6) is 0.228. The van der Waals surface area contributed by atoms with E-state index >= 15 is 0 Å². The summed E-state index contributed by atoms with van der Waals surface area (Å²) in [4.78, 5) is 12.3. The Labute approximate surface area is 128 Å². The topological polar surface area (TPSA) is 68.3 Å². The van der Waals surface area contributed by atoms with Crippen LogP contribution in [-0.2, 0) is 0 Å². The number of nitrogens with two attached hydrogens (primary N) is 1. The molecule has 5 heteroatoms. The van der Waals surface area contributed by atoms with E-state index in [1.807, 2.05) is 0 Å². The van der Waals surface area contributed by atoms with Crippen molar-refractivity contribution in [3.05, 3.63) is 48.0 Å². The standard InChI is InChI=1S/C17H19FN2O2/c18-13-6-2-1-5-12(13)15-8-9-16(22-15)17(21)20-14-7-3-4-11(14)10-19/h1-2,5-6,8-9,11,14H,3-4,7,10,19H2,(H,20,21). The zero-order valence-electron chi connectivity index (χ0n) is 12.2. The molecule has 0 radical (unpaired) electrons. The number of carbonyl (C=O) groups excluding carboxylic acids is 1. The smallest absolute Gasteiger partial charge is 0.287 e. The molecular weight excluding hydrogens is 283 g/mol. The summed E-state index contributed by atoms with van der Waals surface area (Å²) < 4.78 is 19.2. The number of nitrogens with one attached hydrogen (secondary N) is 1. The van der Waals surface area contributed by atoms with Gasteiger partial charge in [-0.15, -0.1) is 0 Å². The molecule has 1 aromatic heterocycles. The third kappa shape index (κ3) is 2.90. The van der Waals surface area contributed by atoms with Crippen LogP contribution >= 0.6 is 0 Å². The third-order valence-corrected chi connectivity index (χ3v) is 4.25. The summed E-state index contributed by atoms with van der Waals surface area (Å²) in [6.45, 7) is 0.573. The summed E-state index contributed by atoms with van der Waals surface area (Å²) in [6, 6.07) is 9.61. The highest BCUT2D eigenvalue weighted by Crippen LogP contribution is 2.27. The molecule has 1 heterocycles. The molecule has 2 aromatic rings. The van der Waals surface area contributed by atoms with Crippen LogP contribution in [0.15, 0.2) is 40.8 Å². The van der Waals surface area contributed by atoms with Gasteiger partial charge in [-0.25, -0.2) is 4.39 Å². The largest absolute Gasteiger partial charge is 0.451 e. The van der Waals surface area contributed by atoms with Gasteiger partial charge in [-0.1, -0.05) is 18.6 Å². The number of furan rings is 1. The van der Waals surface area contributed by atoms with Crippen molar-refractivity contribution in [2.75, 3.05) is 6.54 Å². The minimum atomic E-state index is -0.372. The van der Waals surface area contributed by atoms with Crippen LogP contribution in [-0.4, -0.2) is 18.5 Å². The maximum Gasteiger partial charge on any atom is 0.287 e. The average Bonchev–Trinajstić information content (AvgIpc) is 3.16. The first-order chi connectivity index (χ1) is 10.7. The van der Waals surface area contributed by atoms with E-state index in [1.54, 1.807) is 30.3 Å². The van der Waals surface area contributed by atoms with Crippen LogP contribution in [0.1, 0.15) is 29.8 Å². The number of benzene rings is 1. The van der Waals surface area contributed by atoms with Crippen molar-refractivity contribution in [3.8, 4) is 11.3 Å². The summed E-state index contributed by atoms with van der Waals surface area (Å²) in [5, 5.41) is 2.97. The van der Waals surface area contributed by atoms with Gasteiger partial charge in [-0.3, -0.25) is 4.79 Å². The molecule has 3 N–H and O–H groups in total. The van der Waals surface area contributed by atoms with Gasteiger partial charge in [-0.05, 0) is 49.6 Å². The van der Waals surface area contributed by atoms with Crippen LogP contribution in [0.5, 0.6) is 0 Å². The van der Waals surface area contributed by atoms with Crippen LogP contribution in [0.25, 0.3) is 11.3 Å². The fourth-order valence-corrected chi connectivity index (χ4v) is 3.01. The average molecular weight is 302 g/mol. The first-order valence-electron chi connectivity index (χ1n) is 7.54. The van der Waals surface area contributed by atoms with Crippen LogP contribution < -0.4 is 11.1 Å². The second-order valence-corrected chi connectivity index (χ2v) is 5.65.